The predicted molar refractivity (Wildman–Crippen MR) is 123 cm³/mol. The van der Waals surface area contributed by atoms with Gasteiger partial charge in [-0.2, -0.15) is 0 Å². The number of nitrogens with zero attached hydrogens (tertiary/aromatic N) is 1. The van der Waals surface area contributed by atoms with Crippen LogP contribution in [-0.4, -0.2) is 47.8 Å². The monoisotopic (exact) mass is 434 g/mol. The fourth-order valence-electron chi connectivity index (χ4n) is 5.54. The highest BCUT2D eigenvalue weighted by molar-refractivity contribution is 5.88. The van der Waals surface area contributed by atoms with Crippen molar-refractivity contribution in [1.29, 1.82) is 0 Å². The molecule has 5 rings (SSSR count). The Balaban J connectivity index is 1.52. The zero-order valence-corrected chi connectivity index (χ0v) is 18.7. The Morgan fingerprint density at radius 2 is 2.09 bits per heavy atom. The fourth-order valence-corrected chi connectivity index (χ4v) is 5.54. The lowest BCUT2D eigenvalue weighted by Gasteiger charge is -2.45. The van der Waals surface area contributed by atoms with Crippen molar-refractivity contribution in [2.75, 3.05) is 26.9 Å². The summed E-state index contributed by atoms with van der Waals surface area (Å²) in [4.78, 5) is 17.2. The highest BCUT2D eigenvalue weighted by Gasteiger charge is 2.43. The van der Waals surface area contributed by atoms with Gasteiger partial charge in [-0.3, -0.25) is 4.90 Å². The van der Waals surface area contributed by atoms with Crippen molar-refractivity contribution < 1.29 is 19.4 Å². The van der Waals surface area contributed by atoms with E-state index in [0.29, 0.717) is 5.56 Å². The smallest absolute Gasteiger partial charge is 0.335 e. The predicted octanol–water partition coefficient (Wildman–Crippen LogP) is 4.93. The molecule has 6 nitrogen and oxygen atoms in total. The normalized spacial score (nSPS) is 23.8. The van der Waals surface area contributed by atoms with Gasteiger partial charge in [0.1, 0.15) is 5.75 Å². The van der Waals surface area contributed by atoms with Crippen LogP contribution in [0.4, 0.5) is 0 Å². The number of rotatable bonds is 5. The second kappa shape index (κ2) is 8.26. The number of aromatic nitrogens is 1. The molecule has 2 aromatic carbocycles. The summed E-state index contributed by atoms with van der Waals surface area (Å²) in [5, 5.41) is 10.5. The molecule has 2 saturated heterocycles. The van der Waals surface area contributed by atoms with Crippen molar-refractivity contribution in [1.82, 2.24) is 9.88 Å². The number of carboxylic acids is 1. The molecule has 0 aliphatic carbocycles. The lowest BCUT2D eigenvalue weighted by atomic mass is 9.73. The minimum absolute atomic E-state index is 0.202. The first kappa shape index (κ1) is 21.0. The number of hydrogen-bond donors (Lipinski definition) is 2. The number of aromatic carboxylic acids is 1. The van der Waals surface area contributed by atoms with E-state index in [-0.39, 0.29) is 11.5 Å². The third-order valence-electron chi connectivity index (χ3n) is 7.42. The highest BCUT2D eigenvalue weighted by Crippen LogP contribution is 2.48. The summed E-state index contributed by atoms with van der Waals surface area (Å²) in [7, 11) is 1.74. The minimum Gasteiger partial charge on any atom is -0.496 e. The lowest BCUT2D eigenvalue weighted by molar-refractivity contribution is 0.0325. The number of piperidine rings is 1. The molecule has 168 valence electrons. The van der Waals surface area contributed by atoms with Gasteiger partial charge < -0.3 is 19.6 Å². The molecule has 1 spiro atoms. The van der Waals surface area contributed by atoms with Crippen molar-refractivity contribution in [3.63, 3.8) is 0 Å². The van der Waals surface area contributed by atoms with E-state index in [0.717, 1.165) is 62.4 Å². The molecule has 0 unspecified atom stereocenters. The van der Waals surface area contributed by atoms with E-state index < -0.39 is 5.97 Å². The summed E-state index contributed by atoms with van der Waals surface area (Å²) in [6.07, 6.45) is 5.22. The summed E-state index contributed by atoms with van der Waals surface area (Å²) in [6, 6.07) is 11.8. The number of H-pyrrole nitrogens is 1. The van der Waals surface area contributed by atoms with Crippen molar-refractivity contribution in [2.24, 2.45) is 5.41 Å². The van der Waals surface area contributed by atoms with Crippen molar-refractivity contribution in [2.45, 2.75) is 38.8 Å². The average molecular weight is 435 g/mol. The maximum atomic E-state index is 11.4. The molecule has 2 aliphatic heterocycles. The molecule has 2 aliphatic rings. The zero-order chi connectivity index (χ0) is 22.3. The maximum Gasteiger partial charge on any atom is 0.335 e. The van der Waals surface area contributed by atoms with Crippen LogP contribution < -0.4 is 4.74 Å². The summed E-state index contributed by atoms with van der Waals surface area (Å²) in [5.74, 6) is 0.0241. The van der Waals surface area contributed by atoms with E-state index in [1.165, 1.54) is 16.5 Å². The van der Waals surface area contributed by atoms with Gasteiger partial charge in [0, 0.05) is 41.9 Å². The van der Waals surface area contributed by atoms with Crippen LogP contribution in [0, 0.1) is 12.3 Å². The van der Waals surface area contributed by atoms with Crippen LogP contribution in [0.5, 0.6) is 5.75 Å². The van der Waals surface area contributed by atoms with Crippen LogP contribution in [-0.2, 0) is 11.3 Å². The average Bonchev–Trinajstić information content (AvgIpc) is 3.47. The molecule has 6 heteroatoms. The van der Waals surface area contributed by atoms with E-state index >= 15 is 0 Å². The number of ether oxygens (including phenoxy) is 2. The van der Waals surface area contributed by atoms with Gasteiger partial charge in [-0.15, -0.1) is 0 Å². The van der Waals surface area contributed by atoms with E-state index in [1.807, 2.05) is 18.3 Å². The molecule has 0 bridgehead atoms. The summed E-state index contributed by atoms with van der Waals surface area (Å²) in [6.45, 7) is 5.50. The zero-order valence-electron chi connectivity index (χ0n) is 18.7. The Kier molecular flexibility index (Phi) is 5.43. The van der Waals surface area contributed by atoms with Gasteiger partial charge in [-0.05, 0) is 73.5 Å². The van der Waals surface area contributed by atoms with Crippen LogP contribution in [0.1, 0.15) is 52.4 Å². The molecule has 0 amide bonds. The van der Waals surface area contributed by atoms with Crippen molar-refractivity contribution >= 4 is 16.9 Å². The van der Waals surface area contributed by atoms with Gasteiger partial charge in [0.25, 0.3) is 0 Å². The second-order valence-electron chi connectivity index (χ2n) is 9.31. The second-order valence-corrected chi connectivity index (χ2v) is 9.31. The van der Waals surface area contributed by atoms with Crippen LogP contribution in [0.25, 0.3) is 10.9 Å². The quantitative estimate of drug-likeness (QED) is 0.596. The van der Waals surface area contributed by atoms with Crippen LogP contribution in [0.2, 0.25) is 0 Å². The molecule has 3 aromatic rings. The molecule has 2 atom stereocenters. The Morgan fingerprint density at radius 3 is 2.78 bits per heavy atom. The molecular formula is C26H30N2O4. The minimum atomic E-state index is -0.892. The van der Waals surface area contributed by atoms with Gasteiger partial charge in [-0.25, -0.2) is 4.79 Å². The summed E-state index contributed by atoms with van der Waals surface area (Å²) >= 11 is 0. The molecule has 2 N–H and O–H groups in total. The van der Waals surface area contributed by atoms with Crippen LogP contribution in [0.15, 0.2) is 42.6 Å². The first-order valence-electron chi connectivity index (χ1n) is 11.3. The Morgan fingerprint density at radius 1 is 1.28 bits per heavy atom. The van der Waals surface area contributed by atoms with Crippen molar-refractivity contribution in [3.8, 4) is 5.75 Å². The highest BCUT2D eigenvalue weighted by atomic mass is 16.5. The molecule has 0 radical (unpaired) electrons. The van der Waals surface area contributed by atoms with Gasteiger partial charge in [0.15, 0.2) is 0 Å². The number of methoxy groups -OCH3 is 1. The molecule has 2 fully saturated rings. The number of aryl methyl sites for hydroxylation is 1. The third-order valence-corrected chi connectivity index (χ3v) is 7.42. The first-order chi connectivity index (χ1) is 15.5. The molecule has 3 heterocycles. The van der Waals surface area contributed by atoms with E-state index in [1.54, 1.807) is 19.2 Å². The number of benzene rings is 2. The van der Waals surface area contributed by atoms with Crippen molar-refractivity contribution in [3.05, 3.63) is 64.8 Å². The maximum absolute atomic E-state index is 11.4. The van der Waals surface area contributed by atoms with Crippen LogP contribution in [0.3, 0.4) is 0 Å². The number of likely N-dealkylation sites (tertiary alicyclic amines) is 1. The number of aromatic amines is 1. The first-order valence-corrected chi connectivity index (χ1v) is 11.3. The van der Waals surface area contributed by atoms with E-state index in [9.17, 15) is 9.90 Å². The molecular weight excluding hydrogens is 404 g/mol. The summed E-state index contributed by atoms with van der Waals surface area (Å²) in [5.41, 5.74) is 5.22. The van der Waals surface area contributed by atoms with Gasteiger partial charge >= 0.3 is 5.97 Å². The third kappa shape index (κ3) is 3.67. The molecule has 0 saturated carbocycles. The number of nitrogens with one attached hydrogen (secondary N) is 1. The van der Waals surface area contributed by atoms with Gasteiger partial charge in [0.05, 0.1) is 19.3 Å². The number of carbonyl (C=O) groups is 1. The number of fused-ring (bicyclic) bond motifs is 1. The molecule has 32 heavy (non-hydrogen) atoms. The van der Waals surface area contributed by atoms with Crippen LogP contribution >= 0.6 is 0 Å². The van der Waals surface area contributed by atoms with E-state index in [4.69, 9.17) is 9.47 Å². The number of carboxylic acid groups (broad SMARTS) is 1. The topological polar surface area (TPSA) is 74.8 Å². The Bertz CT molecular complexity index is 1130. The van der Waals surface area contributed by atoms with Gasteiger partial charge in [-0.1, -0.05) is 12.1 Å². The standard InChI is InChI=1S/C26H30N2O4/c1-17-13-23(31-2)21(20-7-10-27-24(17)20)15-28-11-8-26(9-12-32-16-26)14-22(28)18-3-5-19(6-4-18)25(29)30/h3-7,10,13,22,27H,8-9,11-12,14-16H2,1-2H3,(H,29,30)/t22-,26+/m0/s1. The Hall–Kier alpha value is -2.83. The lowest BCUT2D eigenvalue weighted by Crippen LogP contribution is -2.42. The summed E-state index contributed by atoms with van der Waals surface area (Å²) < 4.78 is 11.6. The SMILES string of the molecule is COc1cc(C)c2[nH]ccc2c1CN1CC[C@@]2(CCOC2)C[C@H]1c1ccc(C(=O)O)cc1. The Labute approximate surface area is 188 Å². The van der Waals surface area contributed by atoms with E-state index in [2.05, 4.69) is 28.9 Å². The molecule has 1 aromatic heterocycles. The largest absolute Gasteiger partial charge is 0.496 e. The number of hydrogen-bond acceptors (Lipinski definition) is 4. The fraction of sp³-hybridized carbons (Fsp3) is 0.423. The van der Waals surface area contributed by atoms with Gasteiger partial charge in [0.2, 0.25) is 0 Å².